The number of rotatable bonds is 35. The number of unbranched alkanes of at least 4 members (excludes halogenated alkanes) is 16. The zero-order valence-corrected chi connectivity index (χ0v) is 31.1. The fourth-order valence-electron chi connectivity index (χ4n) is 5.52. The number of ether oxygens (including phenoxy) is 1. The van der Waals surface area contributed by atoms with Crippen molar-refractivity contribution in [3.63, 3.8) is 0 Å². The number of aliphatic carboxylic acids is 1. The third-order valence-electron chi connectivity index (χ3n) is 8.47. The molecule has 0 saturated heterocycles. The summed E-state index contributed by atoms with van der Waals surface area (Å²) in [5, 5.41) is 11.1. The number of hydrogen-bond donors (Lipinski definition) is 2. The zero-order valence-electron chi connectivity index (χ0n) is 31.1. The summed E-state index contributed by atoms with van der Waals surface area (Å²) in [7, 11) is 0. The Morgan fingerprint density at radius 2 is 0.979 bits per heavy atom. The summed E-state index contributed by atoms with van der Waals surface area (Å²) in [5.74, 6) is -1.28. The standard InChI is InChI=1S/C42H73NO5/c1-3-5-7-9-11-13-15-16-17-18-20-22-24-29-33-37-42(47)48-39(34-30-26-23-21-19-14-12-10-8-6-4-2)35-31-27-25-28-32-36-40(44)43-38-41(45)46/h11-14,16-17,21,23,39H,3-10,15,18-20,22,24-38H2,1-2H3,(H,43,44)(H,45,46)/b13-11-,14-12-,17-16-,23-21-. The van der Waals surface area contributed by atoms with Crippen LogP contribution in [-0.2, 0) is 19.1 Å². The molecule has 6 nitrogen and oxygen atoms in total. The summed E-state index contributed by atoms with van der Waals surface area (Å²) in [4.78, 5) is 34.9. The zero-order chi connectivity index (χ0) is 35.2. The van der Waals surface area contributed by atoms with Gasteiger partial charge in [-0.25, -0.2) is 0 Å². The first-order valence-corrected chi connectivity index (χ1v) is 19.8. The second kappa shape index (κ2) is 37.2. The van der Waals surface area contributed by atoms with E-state index in [0.717, 1.165) is 89.9 Å². The molecule has 0 heterocycles. The molecule has 1 unspecified atom stereocenters. The maximum absolute atomic E-state index is 12.7. The van der Waals surface area contributed by atoms with Crippen LogP contribution in [0.1, 0.15) is 187 Å². The van der Waals surface area contributed by atoms with Crippen molar-refractivity contribution in [1.82, 2.24) is 5.32 Å². The van der Waals surface area contributed by atoms with Gasteiger partial charge in [0.05, 0.1) is 0 Å². The van der Waals surface area contributed by atoms with Gasteiger partial charge in [-0.15, -0.1) is 0 Å². The van der Waals surface area contributed by atoms with Crippen LogP contribution in [-0.4, -0.2) is 35.6 Å². The summed E-state index contributed by atoms with van der Waals surface area (Å²) < 4.78 is 5.98. The van der Waals surface area contributed by atoms with E-state index in [-0.39, 0.29) is 24.5 Å². The number of carboxylic acid groups (broad SMARTS) is 1. The lowest BCUT2D eigenvalue weighted by Crippen LogP contribution is -2.28. The fourth-order valence-corrected chi connectivity index (χ4v) is 5.52. The molecule has 1 amide bonds. The summed E-state index contributed by atoms with van der Waals surface area (Å²) in [6.45, 7) is 4.16. The monoisotopic (exact) mass is 672 g/mol. The summed E-state index contributed by atoms with van der Waals surface area (Å²) >= 11 is 0. The third kappa shape index (κ3) is 36.2. The van der Waals surface area contributed by atoms with Gasteiger partial charge in [-0.3, -0.25) is 14.4 Å². The van der Waals surface area contributed by atoms with Crippen LogP contribution in [0, 0.1) is 0 Å². The molecule has 48 heavy (non-hydrogen) atoms. The average molecular weight is 672 g/mol. The van der Waals surface area contributed by atoms with Crippen molar-refractivity contribution in [3.8, 4) is 0 Å². The highest BCUT2D eigenvalue weighted by molar-refractivity contribution is 5.80. The van der Waals surface area contributed by atoms with E-state index in [9.17, 15) is 14.4 Å². The van der Waals surface area contributed by atoms with Crippen molar-refractivity contribution < 1.29 is 24.2 Å². The molecule has 0 saturated carbocycles. The van der Waals surface area contributed by atoms with Crippen molar-refractivity contribution in [1.29, 1.82) is 0 Å². The van der Waals surface area contributed by atoms with Crippen LogP contribution < -0.4 is 5.32 Å². The highest BCUT2D eigenvalue weighted by Crippen LogP contribution is 2.17. The van der Waals surface area contributed by atoms with E-state index in [1.807, 2.05) is 0 Å². The summed E-state index contributed by atoms with van der Waals surface area (Å²) in [5.41, 5.74) is 0. The molecule has 276 valence electrons. The fraction of sp³-hybridized carbons (Fsp3) is 0.738. The number of nitrogens with one attached hydrogen (secondary N) is 1. The second-order valence-electron chi connectivity index (χ2n) is 13.2. The Morgan fingerprint density at radius 1 is 0.542 bits per heavy atom. The van der Waals surface area contributed by atoms with Crippen LogP contribution in [0.3, 0.4) is 0 Å². The molecule has 0 aliphatic heterocycles. The lowest BCUT2D eigenvalue weighted by molar-refractivity contribution is -0.150. The number of hydrogen-bond acceptors (Lipinski definition) is 4. The largest absolute Gasteiger partial charge is 0.480 e. The van der Waals surface area contributed by atoms with Gasteiger partial charge in [0.1, 0.15) is 12.6 Å². The molecule has 0 spiro atoms. The van der Waals surface area contributed by atoms with Gasteiger partial charge in [0.15, 0.2) is 0 Å². The van der Waals surface area contributed by atoms with Gasteiger partial charge >= 0.3 is 11.9 Å². The van der Waals surface area contributed by atoms with Crippen molar-refractivity contribution in [2.75, 3.05) is 6.54 Å². The van der Waals surface area contributed by atoms with E-state index in [0.29, 0.717) is 12.8 Å². The van der Waals surface area contributed by atoms with E-state index >= 15 is 0 Å². The minimum atomic E-state index is -1.02. The van der Waals surface area contributed by atoms with Crippen molar-refractivity contribution in [2.24, 2.45) is 0 Å². The molecule has 0 rings (SSSR count). The van der Waals surface area contributed by atoms with Gasteiger partial charge in [0.25, 0.3) is 0 Å². The molecule has 1 atom stereocenters. The van der Waals surface area contributed by atoms with E-state index in [2.05, 4.69) is 67.8 Å². The Labute approximate surface area is 295 Å². The maximum atomic E-state index is 12.7. The highest BCUT2D eigenvalue weighted by Gasteiger charge is 2.14. The molecule has 0 fully saturated rings. The van der Waals surface area contributed by atoms with Gasteiger partial charge in [-0.2, -0.15) is 0 Å². The molecule has 0 aromatic rings. The van der Waals surface area contributed by atoms with Gasteiger partial charge in [-0.1, -0.05) is 127 Å². The summed E-state index contributed by atoms with van der Waals surface area (Å²) in [6, 6.07) is 0. The quantitative estimate of drug-likeness (QED) is 0.0397. The Kier molecular flexibility index (Phi) is 35.2. The third-order valence-corrected chi connectivity index (χ3v) is 8.47. The first-order valence-electron chi connectivity index (χ1n) is 19.8. The van der Waals surface area contributed by atoms with Gasteiger partial charge in [-0.05, 0) is 96.3 Å². The number of carbonyl (C=O) groups excluding carboxylic acids is 2. The summed E-state index contributed by atoms with van der Waals surface area (Å²) in [6.07, 6.45) is 46.5. The minimum absolute atomic E-state index is 0.0240. The number of allylic oxidation sites excluding steroid dienone is 8. The lowest BCUT2D eigenvalue weighted by atomic mass is 10.0. The second-order valence-corrected chi connectivity index (χ2v) is 13.2. The Balaban J connectivity index is 4.26. The molecular weight excluding hydrogens is 598 g/mol. The molecule has 0 aromatic carbocycles. The van der Waals surface area contributed by atoms with Gasteiger partial charge in [0, 0.05) is 12.8 Å². The van der Waals surface area contributed by atoms with Crippen molar-refractivity contribution in [2.45, 2.75) is 193 Å². The Morgan fingerprint density at radius 3 is 1.52 bits per heavy atom. The van der Waals surface area contributed by atoms with Crippen LogP contribution >= 0.6 is 0 Å². The first kappa shape index (κ1) is 45.4. The molecule has 6 heteroatoms. The van der Waals surface area contributed by atoms with E-state index in [1.165, 1.54) is 70.6 Å². The topological polar surface area (TPSA) is 92.7 Å². The molecular formula is C42H73NO5. The average Bonchev–Trinajstić information content (AvgIpc) is 3.07. The number of esters is 1. The predicted octanol–water partition coefficient (Wildman–Crippen LogP) is 11.9. The van der Waals surface area contributed by atoms with Gasteiger partial charge < -0.3 is 15.2 Å². The van der Waals surface area contributed by atoms with Crippen LogP contribution in [0.5, 0.6) is 0 Å². The first-order chi connectivity index (χ1) is 23.5. The van der Waals surface area contributed by atoms with E-state index in [4.69, 9.17) is 9.84 Å². The molecule has 0 aliphatic rings. The van der Waals surface area contributed by atoms with Crippen LogP contribution in [0.2, 0.25) is 0 Å². The molecule has 2 N–H and O–H groups in total. The lowest BCUT2D eigenvalue weighted by Gasteiger charge is -2.18. The molecule has 0 bridgehead atoms. The predicted molar refractivity (Wildman–Crippen MR) is 203 cm³/mol. The van der Waals surface area contributed by atoms with Gasteiger partial charge in [0.2, 0.25) is 5.91 Å². The highest BCUT2D eigenvalue weighted by atomic mass is 16.5. The number of carbonyl (C=O) groups is 3. The normalized spacial score (nSPS) is 12.5. The van der Waals surface area contributed by atoms with Crippen molar-refractivity contribution >= 4 is 17.8 Å². The van der Waals surface area contributed by atoms with E-state index < -0.39 is 5.97 Å². The van der Waals surface area contributed by atoms with Crippen LogP contribution in [0.15, 0.2) is 48.6 Å². The van der Waals surface area contributed by atoms with Crippen LogP contribution in [0.4, 0.5) is 0 Å². The van der Waals surface area contributed by atoms with Crippen LogP contribution in [0.25, 0.3) is 0 Å². The Bertz CT molecular complexity index is 875. The minimum Gasteiger partial charge on any atom is -0.480 e. The smallest absolute Gasteiger partial charge is 0.322 e. The Hall–Kier alpha value is -2.63. The molecule has 0 aromatic heterocycles. The number of carboxylic acids is 1. The molecule has 0 aliphatic carbocycles. The maximum Gasteiger partial charge on any atom is 0.322 e. The molecule has 0 radical (unpaired) electrons. The number of amides is 1. The van der Waals surface area contributed by atoms with Crippen molar-refractivity contribution in [3.05, 3.63) is 48.6 Å². The SMILES string of the molecule is CCCCC/C=C\C/C=C\CCCCCCCC(=O)OC(CCC/C=C\C/C=C\CCCCC)CCCCCCCC(=O)NCC(=O)O. The van der Waals surface area contributed by atoms with E-state index in [1.54, 1.807) is 0 Å².